The van der Waals surface area contributed by atoms with Gasteiger partial charge in [-0.15, -0.1) is 0 Å². The van der Waals surface area contributed by atoms with Gasteiger partial charge < -0.3 is 20.9 Å². The Balaban J connectivity index is 1.23. The van der Waals surface area contributed by atoms with Gasteiger partial charge in [0, 0.05) is 43.7 Å². The zero-order chi connectivity index (χ0) is 34.4. The van der Waals surface area contributed by atoms with Gasteiger partial charge in [-0.2, -0.15) is 0 Å². The number of likely N-dealkylation sites (tertiary alicyclic amines) is 1. The number of carbonyl (C=O) groups excluding carboxylic acids is 6. The van der Waals surface area contributed by atoms with Crippen molar-refractivity contribution in [3.8, 4) is 0 Å². The lowest BCUT2D eigenvalue weighted by atomic mass is 9.83. The molecule has 1 saturated carbocycles. The van der Waals surface area contributed by atoms with Gasteiger partial charge in [-0.05, 0) is 23.8 Å². The molecule has 2 aromatic rings. The first-order chi connectivity index (χ1) is 22.9. The molecular formula is C35H44N7O6+. The summed E-state index contributed by atoms with van der Waals surface area (Å²) in [6.07, 6.45) is 7.53. The van der Waals surface area contributed by atoms with Crippen molar-refractivity contribution in [3.05, 3.63) is 60.2 Å². The molecule has 0 bridgehead atoms. The number of benzene rings is 1. The first-order valence-electron chi connectivity index (χ1n) is 16.9. The van der Waals surface area contributed by atoms with Crippen LogP contribution in [0.15, 0.2) is 48.9 Å². The van der Waals surface area contributed by atoms with Crippen molar-refractivity contribution in [1.82, 2.24) is 30.8 Å². The molecule has 48 heavy (non-hydrogen) atoms. The molecule has 4 aliphatic rings. The second kappa shape index (κ2) is 12.8. The van der Waals surface area contributed by atoms with E-state index in [4.69, 9.17) is 0 Å². The van der Waals surface area contributed by atoms with Crippen LogP contribution in [0, 0.1) is 11.3 Å². The average molecular weight is 659 g/mol. The second-order valence-electron chi connectivity index (χ2n) is 14.6. The number of nitrogens with one attached hydrogen (secondary N) is 3. The third kappa shape index (κ3) is 5.88. The summed E-state index contributed by atoms with van der Waals surface area (Å²) in [4.78, 5) is 91.7. The van der Waals surface area contributed by atoms with Crippen LogP contribution in [0.25, 0.3) is 0 Å². The van der Waals surface area contributed by atoms with Crippen molar-refractivity contribution >= 4 is 35.3 Å². The number of carbonyl (C=O) groups is 6. The Bertz CT molecular complexity index is 1610. The summed E-state index contributed by atoms with van der Waals surface area (Å²) in [7, 11) is 0. The van der Waals surface area contributed by atoms with Crippen molar-refractivity contribution in [1.29, 1.82) is 0 Å². The van der Waals surface area contributed by atoms with Crippen LogP contribution >= 0.6 is 0 Å². The van der Waals surface area contributed by atoms with E-state index in [1.807, 2.05) is 27.7 Å². The monoisotopic (exact) mass is 658 g/mol. The van der Waals surface area contributed by atoms with E-state index >= 15 is 0 Å². The zero-order valence-corrected chi connectivity index (χ0v) is 27.8. The molecule has 7 atom stereocenters. The number of hydrogen-bond acceptors (Lipinski definition) is 8. The molecule has 0 radical (unpaired) electrons. The largest absolute Gasteiger partial charge is 0.347 e. The van der Waals surface area contributed by atoms with Crippen molar-refractivity contribution in [2.75, 3.05) is 13.1 Å². The third-order valence-electron chi connectivity index (χ3n) is 10.3. The molecule has 13 nitrogen and oxygen atoms in total. The van der Waals surface area contributed by atoms with Gasteiger partial charge in [0.05, 0.1) is 12.7 Å². The van der Waals surface area contributed by atoms with Gasteiger partial charge in [0.15, 0.2) is 6.04 Å². The molecule has 6 rings (SSSR count). The number of quaternary nitrogens is 1. The van der Waals surface area contributed by atoms with Gasteiger partial charge in [0.1, 0.15) is 23.8 Å². The summed E-state index contributed by atoms with van der Waals surface area (Å²) in [6.45, 7) is 8.24. The number of β-lactam (4-membered cyclic amide) rings is 1. The van der Waals surface area contributed by atoms with Crippen LogP contribution in [-0.4, -0.2) is 98.0 Å². The van der Waals surface area contributed by atoms with Gasteiger partial charge in [-0.3, -0.25) is 29.0 Å². The molecule has 1 aliphatic carbocycles. The Kier molecular flexibility index (Phi) is 8.92. The van der Waals surface area contributed by atoms with Crippen LogP contribution < -0.4 is 16.0 Å². The maximum absolute atomic E-state index is 14.4. The van der Waals surface area contributed by atoms with Crippen LogP contribution in [0.5, 0.6) is 0 Å². The van der Waals surface area contributed by atoms with Gasteiger partial charge in [0.25, 0.3) is 17.6 Å². The Morgan fingerprint density at radius 1 is 1.02 bits per heavy atom. The number of amides is 5. The Hall–Kier alpha value is -4.52. The van der Waals surface area contributed by atoms with E-state index in [1.54, 1.807) is 35.2 Å². The molecule has 1 unspecified atom stereocenters. The van der Waals surface area contributed by atoms with E-state index in [2.05, 4.69) is 25.9 Å². The number of hydrogen-bond donors (Lipinski definition) is 3. The molecule has 3 N–H and O–H groups in total. The summed E-state index contributed by atoms with van der Waals surface area (Å²) in [5.74, 6) is -2.97. The molecule has 3 saturated heterocycles. The van der Waals surface area contributed by atoms with E-state index in [1.165, 1.54) is 18.6 Å². The fourth-order valence-electron chi connectivity index (χ4n) is 7.87. The molecule has 4 fully saturated rings. The lowest BCUT2D eigenvalue weighted by molar-refractivity contribution is -0.911. The Morgan fingerprint density at radius 3 is 2.38 bits per heavy atom. The van der Waals surface area contributed by atoms with Crippen molar-refractivity contribution in [2.45, 2.75) is 96.1 Å². The predicted octanol–water partition coefficient (Wildman–Crippen LogP) is 1.45. The highest BCUT2D eigenvalue weighted by Gasteiger charge is 2.78. The predicted molar refractivity (Wildman–Crippen MR) is 172 cm³/mol. The molecule has 13 heteroatoms. The topological polar surface area (TPSA) is 168 Å². The first-order valence-corrected chi connectivity index (χ1v) is 16.9. The summed E-state index contributed by atoms with van der Waals surface area (Å²) in [6, 6.07) is 4.79. The fourth-order valence-corrected chi connectivity index (χ4v) is 7.87. The molecule has 5 amide bonds. The lowest BCUT2D eigenvalue weighted by Crippen LogP contribution is -2.82. The second-order valence-corrected chi connectivity index (χ2v) is 14.6. The zero-order valence-electron chi connectivity index (χ0n) is 27.8. The molecule has 254 valence electrons. The van der Waals surface area contributed by atoms with E-state index < -0.39 is 59.0 Å². The maximum atomic E-state index is 14.4. The number of aromatic nitrogens is 2. The smallest absolute Gasteiger partial charge is 0.343 e. The summed E-state index contributed by atoms with van der Waals surface area (Å²) in [5, 5.41) is 8.44. The molecule has 1 aromatic heterocycles. The third-order valence-corrected chi connectivity index (χ3v) is 10.3. The van der Waals surface area contributed by atoms with Gasteiger partial charge in [0.2, 0.25) is 17.9 Å². The maximum Gasteiger partial charge on any atom is 0.343 e. The highest BCUT2D eigenvalue weighted by molar-refractivity contribution is 6.38. The fraction of sp³-hybridized carbons (Fsp3) is 0.543. The van der Waals surface area contributed by atoms with Crippen LogP contribution in [-0.2, 0) is 24.0 Å². The summed E-state index contributed by atoms with van der Waals surface area (Å²) < 4.78 is -0.0685. The van der Waals surface area contributed by atoms with E-state index in [0.29, 0.717) is 37.9 Å². The number of ketones is 1. The average Bonchev–Trinajstić information content (AvgIpc) is 3.73. The quantitative estimate of drug-likeness (QED) is 0.175. The SMILES string of the molecule is CCC[C@@H](C(=O)C(=O)NC1CC1)[N+]12CC[C@H]3CN(C(=O)[C@@H](NC(=O)[C@@H](NC(=O)c4cnccn4)c4ccccc4)C(C)(C)C)[C@H](C1=O)[C@H]32. The van der Waals surface area contributed by atoms with Crippen LogP contribution in [0.4, 0.5) is 0 Å². The molecule has 3 aliphatic heterocycles. The van der Waals surface area contributed by atoms with Crippen molar-refractivity contribution in [2.24, 2.45) is 11.3 Å². The van der Waals surface area contributed by atoms with Crippen LogP contribution in [0.2, 0.25) is 0 Å². The number of rotatable bonds is 12. The number of nitrogens with zero attached hydrogens (tertiary/aromatic N) is 4. The number of Topliss-reactive ketones (excluding diaryl/α,β-unsaturated/α-hetero) is 1. The minimum Gasteiger partial charge on any atom is -0.347 e. The van der Waals surface area contributed by atoms with Crippen LogP contribution in [0.3, 0.4) is 0 Å². The summed E-state index contributed by atoms with van der Waals surface area (Å²) in [5.41, 5.74) is -0.217. The Labute approximate surface area is 279 Å². The van der Waals surface area contributed by atoms with Gasteiger partial charge in [-0.1, -0.05) is 64.4 Å². The van der Waals surface area contributed by atoms with Gasteiger partial charge >= 0.3 is 5.91 Å². The van der Waals surface area contributed by atoms with E-state index in [9.17, 15) is 28.8 Å². The Morgan fingerprint density at radius 2 is 1.75 bits per heavy atom. The normalized spacial score (nSPS) is 26.0. The van der Waals surface area contributed by atoms with Gasteiger partial charge in [-0.25, -0.2) is 14.3 Å². The minimum absolute atomic E-state index is 0.00467. The lowest BCUT2D eigenvalue weighted by Gasteiger charge is -2.53. The molecule has 4 heterocycles. The molecule has 1 aromatic carbocycles. The minimum atomic E-state index is -1.14. The first kappa shape index (κ1) is 33.4. The highest BCUT2D eigenvalue weighted by Crippen LogP contribution is 2.53. The summed E-state index contributed by atoms with van der Waals surface area (Å²) >= 11 is 0. The van der Waals surface area contributed by atoms with Crippen LogP contribution in [0.1, 0.15) is 81.9 Å². The highest BCUT2D eigenvalue weighted by atomic mass is 16.2. The van der Waals surface area contributed by atoms with E-state index in [0.717, 1.165) is 12.8 Å². The van der Waals surface area contributed by atoms with Crippen molar-refractivity contribution in [3.63, 3.8) is 0 Å². The molecular weight excluding hydrogens is 614 g/mol. The standard InChI is InChI=1S/C35H43N7O6/c1-5-9-24(28(43)32(46)38-22-12-13-22)42-17-14-21-19-41(26(27(21)42)34(42)48)33(47)29(35(2,3)4)40-31(45)25(20-10-7-6-8-11-20)39-30(44)23-18-36-15-16-37-23/h6-8,10-11,15-16,18,21-22,24-27,29H,5,9,12-14,17,19H2,1-4H3,(H2-,38,39,40,44,45,46)/p+1/t21-,24-,25-,26-,27-,29+,42?/m0/s1. The molecule has 0 spiro atoms. The van der Waals surface area contributed by atoms with Crippen molar-refractivity contribution < 1.29 is 33.3 Å². The van der Waals surface area contributed by atoms with E-state index in [-0.39, 0.29) is 34.1 Å².